The highest BCUT2D eigenvalue weighted by Crippen LogP contribution is 2.33. The van der Waals surface area contributed by atoms with Crippen LogP contribution in [0.1, 0.15) is 13.8 Å². The molecule has 0 bridgehead atoms. The summed E-state index contributed by atoms with van der Waals surface area (Å²) < 4.78 is 0. The Morgan fingerprint density at radius 1 is 1.00 bits per heavy atom. The maximum atomic E-state index is 10.1. The van der Waals surface area contributed by atoms with E-state index in [1.165, 1.54) is 0 Å². The molecule has 0 fully saturated rings. The Balaban J connectivity index is 2.24. The van der Waals surface area contributed by atoms with Gasteiger partial charge in [-0.1, -0.05) is 12.1 Å². The summed E-state index contributed by atoms with van der Waals surface area (Å²) in [5, 5.41) is 18.2. The Labute approximate surface area is 124 Å². The fraction of sp³-hybridized carbons (Fsp3) is 0.250. The fourth-order valence-electron chi connectivity index (χ4n) is 2.07. The Hall–Kier alpha value is -2.56. The number of nitrogens with two attached hydrogens (primary N) is 1. The number of anilines is 2. The van der Waals surface area contributed by atoms with E-state index < -0.39 is 0 Å². The van der Waals surface area contributed by atoms with Crippen molar-refractivity contribution in [2.75, 3.05) is 23.7 Å². The summed E-state index contributed by atoms with van der Waals surface area (Å²) in [6, 6.07) is 12.6. The van der Waals surface area contributed by atoms with Crippen molar-refractivity contribution in [2.24, 2.45) is 10.2 Å². The van der Waals surface area contributed by atoms with Crippen LogP contribution < -0.4 is 10.6 Å². The Kier molecular flexibility index (Phi) is 4.77. The number of phenols is 1. The molecule has 0 radical (unpaired) electrons. The first-order chi connectivity index (χ1) is 10.2. The van der Waals surface area contributed by atoms with Gasteiger partial charge in [0.15, 0.2) is 0 Å². The largest absolute Gasteiger partial charge is 0.506 e. The Morgan fingerprint density at radius 3 is 2.29 bits per heavy atom. The van der Waals surface area contributed by atoms with Gasteiger partial charge in [-0.15, -0.1) is 10.2 Å². The number of hydrogen-bond acceptors (Lipinski definition) is 5. The number of phenolic OH excluding ortho intramolecular Hbond substituents is 1. The second-order valence-corrected chi connectivity index (χ2v) is 4.60. The minimum Gasteiger partial charge on any atom is -0.506 e. The van der Waals surface area contributed by atoms with Crippen molar-refractivity contribution in [3.63, 3.8) is 0 Å². The second kappa shape index (κ2) is 6.74. The van der Waals surface area contributed by atoms with Crippen LogP contribution in [0.4, 0.5) is 22.7 Å². The van der Waals surface area contributed by atoms with E-state index in [4.69, 9.17) is 5.73 Å². The maximum Gasteiger partial charge on any atom is 0.145 e. The third-order valence-electron chi connectivity index (χ3n) is 3.29. The summed E-state index contributed by atoms with van der Waals surface area (Å²) in [6.45, 7) is 5.92. The van der Waals surface area contributed by atoms with Gasteiger partial charge in [-0.25, -0.2) is 0 Å². The van der Waals surface area contributed by atoms with Gasteiger partial charge in [0.05, 0.1) is 5.69 Å². The molecule has 2 aromatic carbocycles. The van der Waals surface area contributed by atoms with E-state index >= 15 is 0 Å². The zero-order chi connectivity index (χ0) is 15.2. The average molecular weight is 284 g/mol. The molecule has 0 aromatic heterocycles. The van der Waals surface area contributed by atoms with Gasteiger partial charge in [-0.3, -0.25) is 0 Å². The smallest absolute Gasteiger partial charge is 0.145 e. The SMILES string of the molecule is CCN(CC)c1ccc(N=Nc2ccccc2N)c(O)c1. The zero-order valence-electron chi connectivity index (χ0n) is 12.3. The van der Waals surface area contributed by atoms with Crippen LogP contribution in [-0.2, 0) is 0 Å². The summed E-state index contributed by atoms with van der Waals surface area (Å²) in [5.74, 6) is 0.109. The first-order valence-corrected chi connectivity index (χ1v) is 7.00. The van der Waals surface area contributed by atoms with E-state index in [0.717, 1.165) is 18.8 Å². The lowest BCUT2D eigenvalue weighted by atomic mass is 10.2. The van der Waals surface area contributed by atoms with Crippen LogP contribution in [0.5, 0.6) is 5.75 Å². The highest BCUT2D eigenvalue weighted by Gasteiger charge is 2.06. The van der Waals surface area contributed by atoms with Gasteiger partial charge in [0, 0.05) is 24.8 Å². The summed E-state index contributed by atoms with van der Waals surface area (Å²) in [7, 11) is 0. The molecule has 2 aromatic rings. The van der Waals surface area contributed by atoms with E-state index in [9.17, 15) is 5.11 Å². The Bertz CT molecular complexity index is 636. The van der Waals surface area contributed by atoms with E-state index in [1.54, 1.807) is 24.3 Å². The molecule has 0 aliphatic carbocycles. The number of rotatable bonds is 5. The van der Waals surface area contributed by atoms with Crippen LogP contribution in [0.15, 0.2) is 52.7 Å². The molecule has 0 heterocycles. The highest BCUT2D eigenvalue weighted by molar-refractivity contribution is 5.63. The molecule has 5 nitrogen and oxygen atoms in total. The van der Waals surface area contributed by atoms with Crippen LogP contribution >= 0.6 is 0 Å². The summed E-state index contributed by atoms with van der Waals surface area (Å²) >= 11 is 0. The van der Waals surface area contributed by atoms with Gasteiger partial charge in [-0.05, 0) is 38.1 Å². The molecule has 0 spiro atoms. The average Bonchev–Trinajstić information content (AvgIpc) is 2.49. The molecule has 0 atom stereocenters. The van der Waals surface area contributed by atoms with Crippen molar-refractivity contribution in [1.82, 2.24) is 0 Å². The lowest BCUT2D eigenvalue weighted by Crippen LogP contribution is -2.21. The van der Waals surface area contributed by atoms with Gasteiger partial charge >= 0.3 is 0 Å². The third-order valence-corrected chi connectivity index (χ3v) is 3.29. The van der Waals surface area contributed by atoms with Crippen LogP contribution in [0.25, 0.3) is 0 Å². The van der Waals surface area contributed by atoms with Gasteiger partial charge in [-0.2, -0.15) is 0 Å². The Morgan fingerprint density at radius 2 is 1.67 bits per heavy atom. The lowest BCUT2D eigenvalue weighted by molar-refractivity contribution is 0.476. The molecular formula is C16H20N4O. The molecule has 5 heteroatoms. The van der Waals surface area contributed by atoms with Crippen LogP contribution in [0.2, 0.25) is 0 Å². The topological polar surface area (TPSA) is 74.2 Å². The standard InChI is InChI=1S/C16H20N4O/c1-3-20(4-2)12-9-10-15(16(21)11-12)19-18-14-8-6-5-7-13(14)17/h5-11,21H,3-4,17H2,1-2H3. The van der Waals surface area contributed by atoms with Crippen molar-refractivity contribution in [2.45, 2.75) is 13.8 Å². The highest BCUT2D eigenvalue weighted by atomic mass is 16.3. The molecule has 0 saturated carbocycles. The van der Waals surface area contributed by atoms with Crippen molar-refractivity contribution in [3.8, 4) is 5.75 Å². The molecule has 0 amide bonds. The molecule has 21 heavy (non-hydrogen) atoms. The number of nitrogens with zero attached hydrogens (tertiary/aromatic N) is 3. The van der Waals surface area contributed by atoms with Gasteiger partial charge in [0.1, 0.15) is 17.1 Å². The molecule has 2 rings (SSSR count). The van der Waals surface area contributed by atoms with Gasteiger partial charge in [0.2, 0.25) is 0 Å². The van der Waals surface area contributed by atoms with E-state index in [-0.39, 0.29) is 5.75 Å². The number of azo groups is 1. The molecule has 0 unspecified atom stereocenters. The lowest BCUT2D eigenvalue weighted by Gasteiger charge is -2.21. The molecule has 0 aliphatic heterocycles. The fourth-order valence-corrected chi connectivity index (χ4v) is 2.07. The maximum absolute atomic E-state index is 10.1. The van der Waals surface area contributed by atoms with E-state index in [0.29, 0.717) is 17.1 Å². The van der Waals surface area contributed by atoms with Gasteiger partial charge in [0.25, 0.3) is 0 Å². The monoisotopic (exact) mass is 284 g/mol. The van der Waals surface area contributed by atoms with Crippen LogP contribution in [-0.4, -0.2) is 18.2 Å². The predicted molar refractivity (Wildman–Crippen MR) is 86.7 cm³/mol. The molecule has 3 N–H and O–H groups in total. The second-order valence-electron chi connectivity index (χ2n) is 4.60. The normalized spacial score (nSPS) is 11.0. The third kappa shape index (κ3) is 3.51. The summed E-state index contributed by atoms with van der Waals surface area (Å²) in [5.41, 5.74) is 8.34. The van der Waals surface area contributed by atoms with Crippen LogP contribution in [0.3, 0.4) is 0 Å². The number of hydrogen-bond donors (Lipinski definition) is 2. The number of nitrogen functional groups attached to an aromatic ring is 1. The van der Waals surface area contributed by atoms with Crippen LogP contribution in [0, 0.1) is 0 Å². The van der Waals surface area contributed by atoms with Crippen molar-refractivity contribution in [3.05, 3.63) is 42.5 Å². The van der Waals surface area contributed by atoms with E-state index in [2.05, 4.69) is 29.0 Å². The first kappa shape index (κ1) is 14.8. The van der Waals surface area contributed by atoms with Crippen molar-refractivity contribution in [1.29, 1.82) is 0 Å². The molecule has 0 saturated heterocycles. The van der Waals surface area contributed by atoms with Crippen molar-refractivity contribution >= 4 is 22.7 Å². The number of para-hydroxylation sites is 1. The summed E-state index contributed by atoms with van der Waals surface area (Å²) in [4.78, 5) is 2.15. The molecule has 110 valence electrons. The molecule has 0 aliphatic rings. The summed E-state index contributed by atoms with van der Waals surface area (Å²) in [6.07, 6.45) is 0. The van der Waals surface area contributed by atoms with E-state index in [1.807, 2.05) is 18.2 Å². The zero-order valence-corrected chi connectivity index (χ0v) is 12.3. The predicted octanol–water partition coefficient (Wildman–Crippen LogP) is 4.24. The first-order valence-electron chi connectivity index (χ1n) is 7.00. The minimum atomic E-state index is 0.109. The number of benzene rings is 2. The minimum absolute atomic E-state index is 0.109. The quantitative estimate of drug-likeness (QED) is 0.637. The number of aromatic hydroxyl groups is 1. The van der Waals surface area contributed by atoms with Crippen molar-refractivity contribution < 1.29 is 5.11 Å². The van der Waals surface area contributed by atoms with Gasteiger partial charge < -0.3 is 15.7 Å². The molecular weight excluding hydrogens is 264 g/mol.